The van der Waals surface area contributed by atoms with Gasteiger partial charge in [-0.25, -0.2) is 4.39 Å². The minimum Gasteiger partial charge on any atom is -0.544 e. The number of hydrogen-bond donors (Lipinski definition) is 5. The molecule has 0 spiro atoms. The Bertz CT molecular complexity index is 1140. The number of aliphatic hydroxyl groups excluding tert-OH is 3. The SMILES string of the molecule is CC(=O)N[C@H]1[C@H]([C@H](O)[C@H](O)CNC(=O)c2ccc(Cl)cc2)O[C@@](OCc2ccc(F)cc2)(C(=O)[O-])C[C@@H]1O.[Na+]. The van der Waals surface area contributed by atoms with Crippen molar-refractivity contribution < 1.29 is 78.2 Å². The minimum atomic E-state index is -2.60. The molecule has 1 aliphatic rings. The Morgan fingerprint density at radius 2 is 1.79 bits per heavy atom. The predicted octanol–water partition coefficient (Wildman–Crippen LogP) is -3.75. The van der Waals surface area contributed by atoms with Crippen molar-refractivity contribution in [3.05, 3.63) is 70.5 Å². The van der Waals surface area contributed by atoms with E-state index < -0.39 is 79.4 Å². The van der Waals surface area contributed by atoms with E-state index in [2.05, 4.69) is 10.6 Å². The van der Waals surface area contributed by atoms with Gasteiger partial charge in [0.25, 0.3) is 5.91 Å². The number of nitrogens with one attached hydrogen (secondary N) is 2. The van der Waals surface area contributed by atoms with Crippen molar-refractivity contribution >= 4 is 29.4 Å². The monoisotopic (exact) mass is 576 g/mol. The Labute approximate surface area is 250 Å². The van der Waals surface area contributed by atoms with Crippen LogP contribution in [-0.4, -0.2) is 75.9 Å². The molecule has 1 saturated heterocycles. The summed E-state index contributed by atoms with van der Waals surface area (Å²) in [5.74, 6) is -6.23. The Balaban J connectivity index is 0.00000533. The van der Waals surface area contributed by atoms with Gasteiger partial charge in [0.2, 0.25) is 11.7 Å². The van der Waals surface area contributed by atoms with Gasteiger partial charge in [-0.3, -0.25) is 9.59 Å². The number of carbonyl (C=O) groups is 3. The number of ether oxygens (including phenoxy) is 2. The molecule has 3 rings (SSSR count). The zero-order chi connectivity index (χ0) is 28.0. The van der Waals surface area contributed by atoms with Crippen LogP contribution in [0.1, 0.15) is 29.3 Å². The maximum atomic E-state index is 13.2. The van der Waals surface area contributed by atoms with Crippen molar-refractivity contribution in [1.82, 2.24) is 10.6 Å². The molecule has 1 heterocycles. The van der Waals surface area contributed by atoms with E-state index in [1.807, 2.05) is 0 Å². The van der Waals surface area contributed by atoms with E-state index >= 15 is 0 Å². The molecular formula is C25H27ClFN2NaO9. The summed E-state index contributed by atoms with van der Waals surface area (Å²) in [6.07, 6.45) is -7.67. The first-order valence-electron chi connectivity index (χ1n) is 11.5. The van der Waals surface area contributed by atoms with Crippen LogP contribution in [0.25, 0.3) is 0 Å². The molecule has 39 heavy (non-hydrogen) atoms. The molecule has 0 radical (unpaired) electrons. The molecule has 0 bridgehead atoms. The van der Waals surface area contributed by atoms with Crippen LogP contribution in [0.5, 0.6) is 0 Å². The number of aliphatic hydroxyl groups is 3. The van der Waals surface area contributed by atoms with Gasteiger partial charge in [-0.15, -0.1) is 0 Å². The number of carboxylic acids is 1. The van der Waals surface area contributed by atoms with Gasteiger partial charge >= 0.3 is 29.6 Å². The van der Waals surface area contributed by atoms with E-state index in [0.29, 0.717) is 10.6 Å². The largest absolute Gasteiger partial charge is 1.00 e. The summed E-state index contributed by atoms with van der Waals surface area (Å²) in [5.41, 5.74) is 0.595. The first-order chi connectivity index (χ1) is 17.9. The van der Waals surface area contributed by atoms with Crippen LogP contribution in [-0.2, 0) is 25.7 Å². The number of amides is 2. The van der Waals surface area contributed by atoms with Crippen LogP contribution in [0.15, 0.2) is 48.5 Å². The van der Waals surface area contributed by atoms with Gasteiger partial charge < -0.3 is 45.3 Å². The van der Waals surface area contributed by atoms with Gasteiger partial charge in [0, 0.05) is 30.5 Å². The second-order valence-electron chi connectivity index (χ2n) is 8.81. The summed E-state index contributed by atoms with van der Waals surface area (Å²) >= 11 is 5.80. The average Bonchev–Trinajstić information content (AvgIpc) is 2.87. The summed E-state index contributed by atoms with van der Waals surface area (Å²) in [5, 5.41) is 49.5. The van der Waals surface area contributed by atoms with E-state index in [9.17, 15) is 39.2 Å². The second-order valence-corrected chi connectivity index (χ2v) is 9.25. The van der Waals surface area contributed by atoms with Crippen molar-refractivity contribution in [1.29, 1.82) is 0 Å². The topological polar surface area (TPSA) is 177 Å². The van der Waals surface area contributed by atoms with Crippen LogP contribution >= 0.6 is 11.6 Å². The third-order valence-corrected chi connectivity index (χ3v) is 6.20. The quantitative estimate of drug-likeness (QED) is 0.178. The summed E-state index contributed by atoms with van der Waals surface area (Å²) in [6, 6.07) is 9.47. The number of carbonyl (C=O) groups excluding carboxylic acids is 3. The molecule has 6 atom stereocenters. The molecular weight excluding hydrogens is 550 g/mol. The van der Waals surface area contributed by atoms with Crippen LogP contribution in [0, 0.1) is 5.82 Å². The van der Waals surface area contributed by atoms with Gasteiger partial charge in [0.1, 0.15) is 24.0 Å². The number of carboxylic acid groups (broad SMARTS) is 1. The van der Waals surface area contributed by atoms with E-state index in [1.54, 1.807) is 0 Å². The van der Waals surface area contributed by atoms with Crippen molar-refractivity contribution in [2.75, 3.05) is 6.54 Å². The molecule has 2 amide bonds. The first-order valence-corrected chi connectivity index (χ1v) is 11.9. The maximum absolute atomic E-state index is 13.2. The van der Waals surface area contributed by atoms with Crippen molar-refractivity contribution in [3.63, 3.8) is 0 Å². The molecule has 1 aliphatic heterocycles. The van der Waals surface area contributed by atoms with E-state index in [-0.39, 0.29) is 35.1 Å². The fourth-order valence-corrected chi connectivity index (χ4v) is 4.09. The molecule has 0 saturated carbocycles. The van der Waals surface area contributed by atoms with Gasteiger partial charge in [-0.05, 0) is 42.0 Å². The molecule has 0 unspecified atom stereocenters. The summed E-state index contributed by atoms with van der Waals surface area (Å²) in [7, 11) is 0. The van der Waals surface area contributed by atoms with Crippen LogP contribution in [0.3, 0.4) is 0 Å². The number of benzene rings is 2. The Morgan fingerprint density at radius 3 is 2.36 bits per heavy atom. The van der Waals surface area contributed by atoms with Crippen LogP contribution in [0.4, 0.5) is 4.39 Å². The molecule has 1 fully saturated rings. The molecule has 2 aromatic rings. The summed E-state index contributed by atoms with van der Waals surface area (Å²) in [6.45, 7) is 0.235. The van der Waals surface area contributed by atoms with Crippen LogP contribution in [0.2, 0.25) is 5.02 Å². The first kappa shape index (κ1) is 33.1. The van der Waals surface area contributed by atoms with Crippen molar-refractivity contribution in [3.8, 4) is 0 Å². The molecule has 206 valence electrons. The third kappa shape index (κ3) is 8.68. The number of halogens is 2. The zero-order valence-corrected chi connectivity index (χ0v) is 23.9. The molecule has 0 aliphatic carbocycles. The third-order valence-electron chi connectivity index (χ3n) is 5.95. The molecule has 14 heteroatoms. The summed E-state index contributed by atoms with van der Waals surface area (Å²) in [4.78, 5) is 36.2. The van der Waals surface area contributed by atoms with Crippen LogP contribution < -0.4 is 45.3 Å². The van der Waals surface area contributed by atoms with Gasteiger partial charge in [-0.2, -0.15) is 0 Å². The van der Waals surface area contributed by atoms with E-state index in [1.165, 1.54) is 36.4 Å². The normalized spacial score (nSPS) is 24.1. The fourth-order valence-electron chi connectivity index (χ4n) is 3.96. The van der Waals surface area contributed by atoms with Gasteiger partial charge in [0.15, 0.2) is 0 Å². The summed E-state index contributed by atoms with van der Waals surface area (Å²) < 4.78 is 24.2. The second kappa shape index (κ2) is 14.5. The van der Waals surface area contributed by atoms with Crippen molar-refractivity contribution in [2.45, 2.75) is 56.2 Å². The van der Waals surface area contributed by atoms with Gasteiger partial charge in [-0.1, -0.05) is 23.7 Å². The Hall–Kier alpha value is -2.13. The van der Waals surface area contributed by atoms with Gasteiger partial charge in [0.05, 0.1) is 24.9 Å². The number of rotatable bonds is 10. The smallest absolute Gasteiger partial charge is 0.544 e. The standard InChI is InChI=1S/C25H28ClFN2O9.Na/c1-13(30)29-20-18(31)10-25(24(35)36,37-12-14-2-8-17(27)9-3-14)38-22(20)21(33)19(32)11-28-23(34)15-4-6-16(26)7-5-15;/h2-9,18-22,31-33H,10-12H2,1H3,(H,28,34)(H,29,30)(H,35,36);/q;+1/p-1/t18-,19+,20+,21+,22+,25+;/m0./s1. The number of hydrogen-bond acceptors (Lipinski definition) is 9. The average molecular weight is 577 g/mol. The zero-order valence-electron chi connectivity index (χ0n) is 21.2. The predicted molar refractivity (Wildman–Crippen MR) is 128 cm³/mol. The van der Waals surface area contributed by atoms with Crippen molar-refractivity contribution in [2.24, 2.45) is 0 Å². The Morgan fingerprint density at radius 1 is 1.18 bits per heavy atom. The molecule has 2 aromatic carbocycles. The minimum absolute atomic E-state index is 0. The molecule has 5 N–H and O–H groups in total. The van der Waals surface area contributed by atoms with E-state index in [4.69, 9.17) is 21.1 Å². The molecule has 11 nitrogen and oxygen atoms in total. The molecule has 0 aromatic heterocycles. The van der Waals surface area contributed by atoms with E-state index in [0.717, 1.165) is 19.1 Å². The number of aliphatic carboxylic acids is 1. The Kier molecular flexibility index (Phi) is 12.3. The maximum Gasteiger partial charge on any atom is 1.00 e. The fraction of sp³-hybridized carbons (Fsp3) is 0.400.